The summed E-state index contributed by atoms with van der Waals surface area (Å²) in [7, 11) is 0. The van der Waals surface area contributed by atoms with Crippen LogP contribution >= 0.6 is 23.1 Å². The Bertz CT molecular complexity index is 930. The second-order valence-electron chi connectivity index (χ2n) is 5.38. The Hall–Kier alpha value is -2.26. The lowest BCUT2D eigenvalue weighted by Gasteiger charge is -2.08. The highest BCUT2D eigenvalue weighted by molar-refractivity contribution is 7.99. The third-order valence-corrected chi connectivity index (χ3v) is 5.47. The van der Waals surface area contributed by atoms with Crippen molar-refractivity contribution < 1.29 is 18.3 Å². The number of hydrogen-bond acceptors (Lipinski definition) is 6. The number of thioether (sulfide) groups is 1. The van der Waals surface area contributed by atoms with E-state index in [1.807, 2.05) is 13.8 Å². The minimum atomic E-state index is -2.47. The maximum Gasteiger partial charge on any atom is 0.288 e. The minimum absolute atomic E-state index is 0.214. The molecule has 0 fully saturated rings. The summed E-state index contributed by atoms with van der Waals surface area (Å²) in [6.45, 7) is 3.74. The molecule has 0 unspecified atom stereocenters. The molecule has 5 nitrogen and oxygen atoms in total. The zero-order valence-corrected chi connectivity index (χ0v) is 15.6. The summed E-state index contributed by atoms with van der Waals surface area (Å²) >= 11 is 2.00. The normalized spacial score (nSPS) is 11.1. The summed E-state index contributed by atoms with van der Waals surface area (Å²) in [6.07, 6.45) is 1.41. The van der Waals surface area contributed by atoms with E-state index in [2.05, 4.69) is 15.3 Å². The predicted molar refractivity (Wildman–Crippen MR) is 99.3 cm³/mol. The second-order valence-corrected chi connectivity index (χ2v) is 7.65. The average molecular weight is 395 g/mol. The van der Waals surface area contributed by atoms with Crippen LogP contribution in [0.5, 0.6) is 5.88 Å². The van der Waals surface area contributed by atoms with E-state index in [0.29, 0.717) is 28.2 Å². The van der Waals surface area contributed by atoms with Crippen LogP contribution in [0.15, 0.2) is 35.5 Å². The van der Waals surface area contributed by atoms with Gasteiger partial charge in [0.05, 0.1) is 5.39 Å². The van der Waals surface area contributed by atoms with Gasteiger partial charge >= 0.3 is 0 Å². The van der Waals surface area contributed by atoms with Crippen LogP contribution in [0.25, 0.3) is 10.2 Å². The molecule has 3 aromatic rings. The van der Waals surface area contributed by atoms with Crippen LogP contribution in [0.2, 0.25) is 0 Å². The first-order chi connectivity index (χ1) is 12.4. The van der Waals surface area contributed by atoms with Gasteiger partial charge in [-0.15, -0.1) is 11.3 Å². The summed E-state index contributed by atoms with van der Waals surface area (Å²) in [5.74, 6) is -2.47. The summed E-state index contributed by atoms with van der Waals surface area (Å²) in [4.78, 5) is 22.8. The molecule has 3 rings (SSSR count). The number of carbonyl (C=O) groups is 1. The highest BCUT2D eigenvalue weighted by atomic mass is 32.2. The summed E-state index contributed by atoms with van der Waals surface area (Å²) in [5.41, 5.74) is 1.54. The summed E-state index contributed by atoms with van der Waals surface area (Å²) in [5, 5.41) is 3.48. The van der Waals surface area contributed by atoms with Crippen molar-refractivity contribution in [2.24, 2.45) is 0 Å². The quantitative estimate of drug-likeness (QED) is 0.616. The Morgan fingerprint density at radius 1 is 1.27 bits per heavy atom. The van der Waals surface area contributed by atoms with Gasteiger partial charge in [0.1, 0.15) is 11.2 Å². The summed E-state index contributed by atoms with van der Waals surface area (Å²) < 4.78 is 30.2. The van der Waals surface area contributed by atoms with E-state index < -0.39 is 5.76 Å². The number of fused-ring (bicyclic) bond motifs is 1. The molecular formula is C17H15F2N3O2S2. The van der Waals surface area contributed by atoms with Crippen molar-refractivity contribution in [1.82, 2.24) is 9.97 Å². The van der Waals surface area contributed by atoms with E-state index in [9.17, 15) is 13.6 Å². The highest BCUT2D eigenvalue weighted by Gasteiger charge is 2.14. The van der Waals surface area contributed by atoms with Crippen molar-refractivity contribution in [3.63, 3.8) is 0 Å². The van der Waals surface area contributed by atoms with E-state index in [4.69, 9.17) is 4.74 Å². The van der Waals surface area contributed by atoms with Crippen LogP contribution in [-0.4, -0.2) is 28.2 Å². The van der Waals surface area contributed by atoms with Gasteiger partial charge in [-0.05, 0) is 43.7 Å². The number of nitrogens with zero attached hydrogens (tertiary/aromatic N) is 2. The van der Waals surface area contributed by atoms with Crippen molar-refractivity contribution in [2.75, 3.05) is 11.9 Å². The molecule has 0 radical (unpaired) electrons. The van der Waals surface area contributed by atoms with Gasteiger partial charge in [0.25, 0.3) is 11.7 Å². The average Bonchev–Trinajstić information content (AvgIpc) is 2.89. The smallest absolute Gasteiger partial charge is 0.288 e. The first-order valence-corrected chi connectivity index (χ1v) is 9.32. The fourth-order valence-corrected chi connectivity index (χ4v) is 3.80. The molecule has 0 spiro atoms. The van der Waals surface area contributed by atoms with Crippen molar-refractivity contribution in [3.05, 3.63) is 41.0 Å². The van der Waals surface area contributed by atoms with E-state index >= 15 is 0 Å². The monoisotopic (exact) mass is 395 g/mol. The largest absolute Gasteiger partial charge is 0.467 e. The molecule has 0 saturated carbocycles. The molecule has 2 heterocycles. The van der Waals surface area contributed by atoms with E-state index in [-0.39, 0.29) is 12.5 Å². The minimum Gasteiger partial charge on any atom is -0.467 e. The van der Waals surface area contributed by atoms with Gasteiger partial charge in [-0.1, -0.05) is 11.8 Å². The van der Waals surface area contributed by atoms with Crippen molar-refractivity contribution in [3.8, 4) is 5.88 Å². The number of rotatable bonds is 6. The predicted octanol–water partition coefficient (Wildman–Crippen LogP) is 4.64. The number of thiophene rings is 1. The molecule has 0 aliphatic heterocycles. The SMILES string of the molecule is Cc1sc2ncnc(OCC(=O)Nc3ccc(SC(F)F)cc3)c2c1C. The fraction of sp³-hybridized carbons (Fsp3) is 0.235. The lowest BCUT2D eigenvalue weighted by atomic mass is 10.2. The Labute approximate surface area is 156 Å². The van der Waals surface area contributed by atoms with Crippen LogP contribution in [0.4, 0.5) is 14.5 Å². The Morgan fingerprint density at radius 2 is 2.00 bits per heavy atom. The van der Waals surface area contributed by atoms with Gasteiger partial charge in [0, 0.05) is 15.5 Å². The lowest BCUT2D eigenvalue weighted by molar-refractivity contribution is -0.118. The Kier molecular flexibility index (Phi) is 5.67. The number of anilines is 1. The number of nitrogens with one attached hydrogen (secondary N) is 1. The van der Waals surface area contributed by atoms with Gasteiger partial charge in [-0.25, -0.2) is 9.97 Å². The van der Waals surface area contributed by atoms with Crippen LogP contribution in [0.3, 0.4) is 0 Å². The van der Waals surface area contributed by atoms with Gasteiger partial charge < -0.3 is 10.1 Å². The van der Waals surface area contributed by atoms with Crippen LogP contribution in [0, 0.1) is 13.8 Å². The molecule has 0 saturated heterocycles. The molecule has 0 atom stereocenters. The molecule has 1 aromatic carbocycles. The number of hydrogen-bond donors (Lipinski definition) is 1. The van der Waals surface area contributed by atoms with Crippen molar-refractivity contribution in [2.45, 2.75) is 24.5 Å². The van der Waals surface area contributed by atoms with Gasteiger partial charge in [-0.2, -0.15) is 8.78 Å². The van der Waals surface area contributed by atoms with Crippen LogP contribution in [0.1, 0.15) is 10.4 Å². The van der Waals surface area contributed by atoms with Crippen LogP contribution in [-0.2, 0) is 4.79 Å². The van der Waals surface area contributed by atoms with E-state index in [1.165, 1.54) is 18.5 Å². The molecule has 0 aliphatic carbocycles. The molecular weight excluding hydrogens is 380 g/mol. The third kappa shape index (κ3) is 4.28. The molecule has 26 heavy (non-hydrogen) atoms. The number of benzene rings is 1. The summed E-state index contributed by atoms with van der Waals surface area (Å²) in [6, 6.07) is 6.19. The van der Waals surface area contributed by atoms with Gasteiger partial charge in [0.2, 0.25) is 5.88 Å². The zero-order chi connectivity index (χ0) is 18.7. The Morgan fingerprint density at radius 3 is 2.69 bits per heavy atom. The standard InChI is InChI=1S/C17H15F2N3O2S2/c1-9-10(2)25-16-14(9)15(20-8-21-16)24-7-13(23)22-11-3-5-12(6-4-11)26-17(18)19/h3-6,8,17H,7H2,1-2H3,(H,22,23). The highest BCUT2D eigenvalue weighted by Crippen LogP contribution is 2.33. The fourth-order valence-electron chi connectivity index (χ4n) is 2.31. The maximum absolute atomic E-state index is 12.3. The maximum atomic E-state index is 12.3. The van der Waals surface area contributed by atoms with E-state index in [1.54, 1.807) is 23.5 Å². The first-order valence-electron chi connectivity index (χ1n) is 7.62. The van der Waals surface area contributed by atoms with Crippen LogP contribution < -0.4 is 10.1 Å². The molecule has 2 aromatic heterocycles. The number of carbonyl (C=O) groups excluding carboxylic acids is 1. The number of aromatic nitrogens is 2. The number of halogens is 2. The molecule has 9 heteroatoms. The number of ether oxygens (including phenoxy) is 1. The van der Waals surface area contributed by atoms with Crippen molar-refractivity contribution >= 4 is 44.9 Å². The molecule has 1 amide bonds. The molecule has 0 aliphatic rings. The van der Waals surface area contributed by atoms with Gasteiger partial charge in [-0.3, -0.25) is 4.79 Å². The zero-order valence-electron chi connectivity index (χ0n) is 14.0. The Balaban J connectivity index is 1.63. The topological polar surface area (TPSA) is 64.1 Å². The van der Waals surface area contributed by atoms with Crippen molar-refractivity contribution in [1.29, 1.82) is 0 Å². The van der Waals surface area contributed by atoms with Gasteiger partial charge in [0.15, 0.2) is 6.61 Å². The second kappa shape index (κ2) is 7.96. The lowest BCUT2D eigenvalue weighted by Crippen LogP contribution is -2.20. The third-order valence-electron chi connectivity index (χ3n) is 3.63. The number of amides is 1. The first kappa shape index (κ1) is 18.5. The van der Waals surface area contributed by atoms with E-state index in [0.717, 1.165) is 20.7 Å². The number of aryl methyl sites for hydroxylation is 2. The molecule has 136 valence electrons. The molecule has 0 bridgehead atoms. The molecule has 1 N–H and O–H groups in total. The number of alkyl halides is 2.